The normalized spacial score (nSPS) is 19.1. The van der Waals surface area contributed by atoms with Crippen molar-refractivity contribution in [3.8, 4) is 11.8 Å². The van der Waals surface area contributed by atoms with Gasteiger partial charge in [-0.3, -0.25) is 4.79 Å². The maximum atomic E-state index is 12.6. The van der Waals surface area contributed by atoms with Crippen LogP contribution in [0.25, 0.3) is 0 Å². The summed E-state index contributed by atoms with van der Waals surface area (Å²) in [7, 11) is -2.96. The SMILES string of the molecule is O=C(CSC1CCS(=O)(=O)C1)NCC#Cc1cccc(C(F)(F)F)c1. The topological polar surface area (TPSA) is 63.2 Å². The molecule has 0 radical (unpaired) electrons. The molecule has 1 aromatic carbocycles. The Morgan fingerprint density at radius 1 is 1.36 bits per heavy atom. The minimum atomic E-state index is -4.42. The van der Waals surface area contributed by atoms with Crippen LogP contribution in [0.3, 0.4) is 0 Å². The molecule has 1 unspecified atom stereocenters. The lowest BCUT2D eigenvalue weighted by atomic mass is 10.1. The smallest absolute Gasteiger partial charge is 0.344 e. The van der Waals surface area contributed by atoms with Crippen molar-refractivity contribution in [2.45, 2.75) is 17.8 Å². The molecule has 4 nitrogen and oxygen atoms in total. The third-order valence-electron chi connectivity index (χ3n) is 3.44. The second-order valence-corrected chi connectivity index (χ2v) is 9.01. The summed E-state index contributed by atoms with van der Waals surface area (Å²) in [5.41, 5.74) is -0.555. The standard InChI is InChI=1S/C16H16F3NO3S2/c17-16(18,19)13-5-1-3-12(9-13)4-2-7-20-15(21)10-24-14-6-8-25(22,23)11-14/h1,3,5,9,14H,6-8,10-11H2,(H,20,21). The summed E-state index contributed by atoms with van der Waals surface area (Å²) in [5, 5.41) is 2.47. The average molecular weight is 391 g/mol. The molecule has 2 rings (SSSR count). The first-order valence-corrected chi connectivity index (χ1v) is 10.3. The molecule has 0 bridgehead atoms. The van der Waals surface area contributed by atoms with Gasteiger partial charge in [0.05, 0.1) is 29.4 Å². The number of hydrogen-bond acceptors (Lipinski definition) is 4. The number of benzene rings is 1. The van der Waals surface area contributed by atoms with Crippen LogP contribution in [0.2, 0.25) is 0 Å². The van der Waals surface area contributed by atoms with Crippen LogP contribution in [0.15, 0.2) is 24.3 Å². The minimum absolute atomic E-state index is 0.0125. The van der Waals surface area contributed by atoms with E-state index in [0.29, 0.717) is 6.42 Å². The predicted molar refractivity (Wildman–Crippen MR) is 90.8 cm³/mol. The lowest BCUT2D eigenvalue weighted by Gasteiger charge is -2.06. The highest BCUT2D eigenvalue weighted by atomic mass is 32.2. The minimum Gasteiger partial charge on any atom is -0.344 e. The molecule has 1 fully saturated rings. The molecule has 1 aromatic rings. The molecule has 1 N–H and O–H groups in total. The van der Waals surface area contributed by atoms with Crippen molar-refractivity contribution in [3.05, 3.63) is 35.4 Å². The summed E-state index contributed by atoms with van der Waals surface area (Å²) >= 11 is 1.29. The van der Waals surface area contributed by atoms with Crippen molar-refractivity contribution in [2.24, 2.45) is 0 Å². The number of sulfone groups is 1. The van der Waals surface area contributed by atoms with Gasteiger partial charge in [-0.05, 0) is 24.6 Å². The van der Waals surface area contributed by atoms with Crippen molar-refractivity contribution in [1.82, 2.24) is 5.32 Å². The van der Waals surface area contributed by atoms with E-state index in [2.05, 4.69) is 17.2 Å². The monoisotopic (exact) mass is 391 g/mol. The van der Waals surface area contributed by atoms with E-state index < -0.39 is 21.6 Å². The third-order valence-corrected chi connectivity index (χ3v) is 6.72. The van der Waals surface area contributed by atoms with Gasteiger partial charge in [-0.25, -0.2) is 8.42 Å². The van der Waals surface area contributed by atoms with E-state index in [0.717, 1.165) is 12.1 Å². The molecule has 1 amide bonds. The van der Waals surface area contributed by atoms with Crippen LogP contribution < -0.4 is 5.32 Å². The molecule has 1 saturated heterocycles. The molecular weight excluding hydrogens is 375 g/mol. The summed E-state index contributed by atoms with van der Waals surface area (Å²) < 4.78 is 60.4. The van der Waals surface area contributed by atoms with E-state index in [1.54, 1.807) is 0 Å². The fourth-order valence-electron chi connectivity index (χ4n) is 2.20. The fourth-order valence-corrected chi connectivity index (χ4v) is 5.67. The first kappa shape index (κ1) is 19.7. The Bertz CT molecular complexity index is 795. The Kier molecular flexibility index (Phi) is 6.41. The molecule has 0 saturated carbocycles. The third kappa shape index (κ3) is 6.63. The van der Waals surface area contributed by atoms with Crippen LogP contribution in [0, 0.1) is 11.8 Å². The number of rotatable bonds is 4. The van der Waals surface area contributed by atoms with Crippen LogP contribution in [-0.4, -0.2) is 43.4 Å². The number of nitrogens with one attached hydrogen (secondary N) is 1. The first-order chi connectivity index (χ1) is 11.7. The number of carbonyl (C=O) groups is 1. The molecule has 136 valence electrons. The zero-order valence-corrected chi connectivity index (χ0v) is 14.7. The van der Waals surface area contributed by atoms with E-state index in [-0.39, 0.29) is 40.5 Å². The van der Waals surface area contributed by atoms with Crippen molar-refractivity contribution >= 4 is 27.5 Å². The van der Waals surface area contributed by atoms with Gasteiger partial charge >= 0.3 is 6.18 Å². The first-order valence-electron chi connectivity index (χ1n) is 7.40. The molecule has 1 atom stereocenters. The molecule has 1 heterocycles. The van der Waals surface area contributed by atoms with Gasteiger partial charge in [-0.15, -0.1) is 11.8 Å². The van der Waals surface area contributed by atoms with Crippen LogP contribution >= 0.6 is 11.8 Å². The highest BCUT2D eigenvalue weighted by Gasteiger charge is 2.30. The summed E-state index contributed by atoms with van der Waals surface area (Å²) in [6.45, 7) is 0.0125. The molecule has 0 spiro atoms. The molecule has 1 aliphatic rings. The number of thioether (sulfide) groups is 1. The van der Waals surface area contributed by atoms with Crippen molar-refractivity contribution < 1.29 is 26.4 Å². The van der Waals surface area contributed by atoms with Gasteiger partial charge in [0.25, 0.3) is 0 Å². The average Bonchev–Trinajstić information content (AvgIpc) is 2.88. The molecular formula is C16H16F3NO3S2. The molecule has 9 heteroatoms. The number of alkyl halides is 3. The Morgan fingerprint density at radius 3 is 2.76 bits per heavy atom. The number of carbonyl (C=O) groups excluding carboxylic acids is 1. The summed E-state index contributed by atoms with van der Waals surface area (Å²) in [6.07, 6.45) is -3.87. The molecule has 1 aliphatic heterocycles. The zero-order chi connectivity index (χ0) is 18.5. The van der Waals surface area contributed by atoms with E-state index in [1.807, 2.05) is 0 Å². The second kappa shape index (κ2) is 8.15. The van der Waals surface area contributed by atoms with Crippen LogP contribution in [0.5, 0.6) is 0 Å². The Morgan fingerprint density at radius 2 is 2.12 bits per heavy atom. The Balaban J connectivity index is 1.76. The van der Waals surface area contributed by atoms with E-state index in [9.17, 15) is 26.4 Å². The van der Waals surface area contributed by atoms with Gasteiger partial charge < -0.3 is 5.32 Å². The summed E-state index contributed by atoms with van der Waals surface area (Å²) in [4.78, 5) is 11.7. The number of hydrogen-bond donors (Lipinski definition) is 1. The van der Waals surface area contributed by atoms with Crippen molar-refractivity contribution in [1.29, 1.82) is 0 Å². The van der Waals surface area contributed by atoms with Crippen LogP contribution in [0.4, 0.5) is 13.2 Å². The fraction of sp³-hybridized carbons (Fsp3) is 0.438. The van der Waals surface area contributed by atoms with E-state index >= 15 is 0 Å². The van der Waals surface area contributed by atoms with Gasteiger partial charge in [-0.2, -0.15) is 13.2 Å². The lowest BCUT2D eigenvalue weighted by Crippen LogP contribution is -2.26. The highest BCUT2D eigenvalue weighted by Crippen LogP contribution is 2.29. The number of amides is 1. The summed E-state index contributed by atoms with van der Waals surface area (Å²) in [5.74, 6) is 5.27. The van der Waals surface area contributed by atoms with Gasteiger partial charge in [0.1, 0.15) is 0 Å². The quantitative estimate of drug-likeness (QED) is 0.799. The van der Waals surface area contributed by atoms with Gasteiger partial charge in [0.15, 0.2) is 9.84 Å². The van der Waals surface area contributed by atoms with Gasteiger partial charge in [0.2, 0.25) is 5.91 Å². The molecule has 0 aliphatic carbocycles. The zero-order valence-electron chi connectivity index (χ0n) is 13.1. The second-order valence-electron chi connectivity index (χ2n) is 5.49. The lowest BCUT2D eigenvalue weighted by molar-refractivity contribution is -0.137. The Labute approximate surface area is 148 Å². The Hall–Kier alpha value is -1.66. The molecule has 25 heavy (non-hydrogen) atoms. The summed E-state index contributed by atoms with van der Waals surface area (Å²) in [6, 6.07) is 4.65. The highest BCUT2D eigenvalue weighted by molar-refractivity contribution is 8.02. The van der Waals surface area contributed by atoms with E-state index in [1.165, 1.54) is 23.9 Å². The number of halogens is 3. The molecule has 0 aromatic heterocycles. The van der Waals surface area contributed by atoms with E-state index in [4.69, 9.17) is 0 Å². The van der Waals surface area contributed by atoms with Crippen LogP contribution in [-0.2, 0) is 20.8 Å². The van der Waals surface area contributed by atoms with Gasteiger partial charge in [-0.1, -0.05) is 17.9 Å². The largest absolute Gasteiger partial charge is 0.416 e. The van der Waals surface area contributed by atoms with Crippen molar-refractivity contribution in [2.75, 3.05) is 23.8 Å². The van der Waals surface area contributed by atoms with Crippen molar-refractivity contribution in [3.63, 3.8) is 0 Å². The maximum Gasteiger partial charge on any atom is 0.416 e. The maximum absolute atomic E-state index is 12.6. The van der Waals surface area contributed by atoms with Crippen LogP contribution in [0.1, 0.15) is 17.5 Å². The predicted octanol–water partition coefficient (Wildman–Crippen LogP) is 2.09. The van der Waals surface area contributed by atoms with Gasteiger partial charge in [0, 0.05) is 10.8 Å².